The number of hydrogen-bond acceptors (Lipinski definition) is 1. The average Bonchev–Trinajstić information content (AvgIpc) is 2.56. The van der Waals surface area contributed by atoms with E-state index in [1.807, 2.05) is 29.6 Å². The molecule has 4 heteroatoms. The van der Waals surface area contributed by atoms with Crippen LogP contribution in [0.25, 0.3) is 0 Å². The zero-order valence-corrected chi connectivity index (χ0v) is 15.4. The molecule has 0 heterocycles. The second-order valence-corrected chi connectivity index (χ2v) is 7.05. The summed E-state index contributed by atoms with van der Waals surface area (Å²) in [4.78, 5) is 12.4. The van der Waals surface area contributed by atoms with Crippen LogP contribution in [0.3, 0.4) is 0 Å². The van der Waals surface area contributed by atoms with Gasteiger partial charge in [-0.05, 0) is 29.7 Å². The lowest BCUT2D eigenvalue weighted by Gasteiger charge is -2.20. The number of hydrogen-bond donors (Lipinski definition) is 2. The first-order valence-electron chi connectivity index (χ1n) is 8.86. The minimum atomic E-state index is -0.241. The van der Waals surface area contributed by atoms with Gasteiger partial charge in [0.15, 0.2) is 6.54 Å². The van der Waals surface area contributed by atoms with Gasteiger partial charge in [-0.25, -0.2) is 4.39 Å². The van der Waals surface area contributed by atoms with Crippen LogP contribution in [-0.2, 0) is 4.79 Å². The molecule has 0 aliphatic carbocycles. The summed E-state index contributed by atoms with van der Waals surface area (Å²) < 4.78 is 13.1. The fourth-order valence-electron chi connectivity index (χ4n) is 3.03. The van der Waals surface area contributed by atoms with Crippen molar-refractivity contribution in [2.75, 3.05) is 11.9 Å². The van der Waals surface area contributed by atoms with Gasteiger partial charge < -0.3 is 10.6 Å². The van der Waals surface area contributed by atoms with Crippen LogP contribution < -0.4 is 10.6 Å². The average molecular weight is 343 g/mol. The van der Waals surface area contributed by atoms with Gasteiger partial charge >= 0.3 is 0 Å². The van der Waals surface area contributed by atoms with Crippen molar-refractivity contribution in [3.8, 4) is 0 Å². The Morgan fingerprint density at radius 1 is 1.04 bits per heavy atom. The van der Waals surface area contributed by atoms with Crippen LogP contribution in [0.1, 0.15) is 50.8 Å². The fourth-order valence-corrected chi connectivity index (χ4v) is 3.03. The van der Waals surface area contributed by atoms with E-state index in [0.29, 0.717) is 18.4 Å². The van der Waals surface area contributed by atoms with E-state index < -0.39 is 0 Å². The van der Waals surface area contributed by atoms with Crippen molar-refractivity contribution in [3.05, 3.63) is 65.5 Å². The van der Waals surface area contributed by atoms with Gasteiger partial charge in [0, 0.05) is 17.2 Å². The Balaban J connectivity index is 2.01. The van der Waals surface area contributed by atoms with Crippen molar-refractivity contribution in [1.82, 2.24) is 0 Å². The zero-order chi connectivity index (χ0) is 18.4. The lowest BCUT2D eigenvalue weighted by atomic mass is 9.96. The van der Waals surface area contributed by atoms with Gasteiger partial charge in [0.2, 0.25) is 0 Å². The number of amides is 1. The minimum absolute atomic E-state index is 0.0270. The number of anilines is 1. The minimum Gasteiger partial charge on any atom is -0.332 e. The molecule has 3 nitrogen and oxygen atoms in total. The van der Waals surface area contributed by atoms with Crippen molar-refractivity contribution < 1.29 is 14.5 Å². The number of quaternary nitrogens is 1. The molecule has 0 aliphatic heterocycles. The maximum Gasteiger partial charge on any atom is 0.279 e. The first kappa shape index (κ1) is 19.1. The molecule has 0 unspecified atom stereocenters. The predicted octanol–water partition coefficient (Wildman–Crippen LogP) is 3.85. The van der Waals surface area contributed by atoms with E-state index in [0.717, 1.165) is 16.8 Å². The summed E-state index contributed by atoms with van der Waals surface area (Å²) in [6, 6.07) is 14.5. The number of nitrogens with one attached hydrogen (secondary N) is 1. The molecule has 0 spiro atoms. The first-order valence-corrected chi connectivity index (χ1v) is 8.86. The molecule has 0 radical (unpaired) electrons. The van der Waals surface area contributed by atoms with E-state index in [2.05, 4.69) is 33.0 Å². The van der Waals surface area contributed by atoms with Crippen LogP contribution in [0.4, 0.5) is 10.1 Å². The van der Waals surface area contributed by atoms with Crippen LogP contribution in [-0.4, -0.2) is 12.5 Å². The molecule has 1 amide bonds. The maximum atomic E-state index is 13.1. The van der Waals surface area contributed by atoms with E-state index in [9.17, 15) is 9.18 Å². The Labute approximate surface area is 149 Å². The number of carbonyl (C=O) groups is 1. The SMILES string of the molecule is CC(C)c1ccccc1NC(=O)C[NH2+][C@H](c1ccc(F)cc1)C(C)C. The number of para-hydroxylation sites is 1. The first-order chi connectivity index (χ1) is 11.9. The van der Waals surface area contributed by atoms with E-state index >= 15 is 0 Å². The second-order valence-electron chi connectivity index (χ2n) is 7.05. The maximum absolute atomic E-state index is 13.1. The lowest BCUT2D eigenvalue weighted by Crippen LogP contribution is -2.88. The van der Waals surface area contributed by atoms with Gasteiger partial charge in [-0.1, -0.05) is 58.0 Å². The van der Waals surface area contributed by atoms with Gasteiger partial charge in [-0.3, -0.25) is 4.79 Å². The number of rotatable bonds is 7. The van der Waals surface area contributed by atoms with Crippen molar-refractivity contribution in [3.63, 3.8) is 0 Å². The molecule has 25 heavy (non-hydrogen) atoms. The van der Waals surface area contributed by atoms with Crippen molar-refractivity contribution >= 4 is 11.6 Å². The van der Waals surface area contributed by atoms with Crippen molar-refractivity contribution in [2.45, 2.75) is 39.7 Å². The lowest BCUT2D eigenvalue weighted by molar-refractivity contribution is -0.692. The topological polar surface area (TPSA) is 45.7 Å². The summed E-state index contributed by atoms with van der Waals surface area (Å²) >= 11 is 0. The number of carbonyl (C=O) groups excluding carboxylic acids is 1. The normalized spacial score (nSPS) is 12.4. The second kappa shape index (κ2) is 8.77. The largest absolute Gasteiger partial charge is 0.332 e. The van der Waals surface area contributed by atoms with Crippen LogP contribution in [0.2, 0.25) is 0 Å². The van der Waals surface area contributed by atoms with Gasteiger partial charge in [0.05, 0.1) is 0 Å². The molecule has 0 saturated heterocycles. The standard InChI is InChI=1S/C21H27FN2O/c1-14(2)18-7-5-6-8-19(18)24-20(25)13-23-21(15(3)4)16-9-11-17(22)12-10-16/h5-12,14-15,21,23H,13H2,1-4H3,(H,24,25)/p+1/t21-/m0/s1. The number of benzene rings is 2. The smallest absolute Gasteiger partial charge is 0.279 e. The molecule has 0 bridgehead atoms. The molecule has 0 saturated carbocycles. The molecule has 2 aromatic carbocycles. The Morgan fingerprint density at radius 2 is 1.68 bits per heavy atom. The molecule has 0 fully saturated rings. The molecular formula is C21H28FN2O+. The van der Waals surface area contributed by atoms with Crippen molar-refractivity contribution in [2.24, 2.45) is 5.92 Å². The molecule has 1 atom stereocenters. The number of nitrogens with two attached hydrogens (primary N) is 1. The third kappa shape index (κ3) is 5.40. The Kier molecular flexibility index (Phi) is 6.71. The Morgan fingerprint density at radius 3 is 2.28 bits per heavy atom. The van der Waals surface area contributed by atoms with Crippen molar-refractivity contribution in [1.29, 1.82) is 0 Å². The van der Waals surface area contributed by atoms with E-state index in [1.165, 1.54) is 12.1 Å². The summed E-state index contributed by atoms with van der Waals surface area (Å²) in [5.74, 6) is 0.416. The molecule has 0 aromatic heterocycles. The zero-order valence-electron chi connectivity index (χ0n) is 15.4. The van der Waals surface area contributed by atoms with E-state index in [1.54, 1.807) is 12.1 Å². The highest BCUT2D eigenvalue weighted by molar-refractivity contribution is 5.92. The monoisotopic (exact) mass is 343 g/mol. The summed E-state index contributed by atoms with van der Waals surface area (Å²) in [5.41, 5.74) is 3.04. The highest BCUT2D eigenvalue weighted by atomic mass is 19.1. The summed E-state index contributed by atoms with van der Waals surface area (Å²) in [6.07, 6.45) is 0. The Hall–Kier alpha value is -2.20. The quantitative estimate of drug-likeness (QED) is 0.788. The molecule has 0 aliphatic rings. The fraction of sp³-hybridized carbons (Fsp3) is 0.381. The highest BCUT2D eigenvalue weighted by Gasteiger charge is 2.21. The molecule has 2 rings (SSSR count). The van der Waals surface area contributed by atoms with Gasteiger partial charge in [0.25, 0.3) is 5.91 Å². The summed E-state index contributed by atoms with van der Waals surface area (Å²) in [5, 5.41) is 5.04. The van der Waals surface area contributed by atoms with Gasteiger partial charge in [0.1, 0.15) is 11.9 Å². The van der Waals surface area contributed by atoms with Crippen LogP contribution in [0.5, 0.6) is 0 Å². The van der Waals surface area contributed by atoms with E-state index in [4.69, 9.17) is 0 Å². The molecule has 3 N–H and O–H groups in total. The summed E-state index contributed by atoms with van der Waals surface area (Å²) in [6.45, 7) is 8.76. The highest BCUT2D eigenvalue weighted by Crippen LogP contribution is 2.23. The molecular weight excluding hydrogens is 315 g/mol. The van der Waals surface area contributed by atoms with Crippen LogP contribution >= 0.6 is 0 Å². The predicted molar refractivity (Wildman–Crippen MR) is 99.9 cm³/mol. The van der Waals surface area contributed by atoms with Crippen LogP contribution in [0, 0.1) is 11.7 Å². The third-order valence-electron chi connectivity index (χ3n) is 4.39. The van der Waals surface area contributed by atoms with Crippen LogP contribution in [0.15, 0.2) is 48.5 Å². The Bertz CT molecular complexity index is 695. The molecule has 134 valence electrons. The van der Waals surface area contributed by atoms with Gasteiger partial charge in [-0.2, -0.15) is 0 Å². The molecule has 2 aromatic rings. The van der Waals surface area contributed by atoms with Gasteiger partial charge in [-0.15, -0.1) is 0 Å². The van der Waals surface area contributed by atoms with E-state index in [-0.39, 0.29) is 17.8 Å². The third-order valence-corrected chi connectivity index (χ3v) is 4.39. The number of halogens is 1. The summed E-state index contributed by atoms with van der Waals surface area (Å²) in [7, 11) is 0.